The predicted molar refractivity (Wildman–Crippen MR) is 58.4 cm³/mol. The number of hydrogen-bond donors (Lipinski definition) is 1. The summed E-state index contributed by atoms with van der Waals surface area (Å²) in [6.45, 7) is 1.39. The lowest BCUT2D eigenvalue weighted by molar-refractivity contribution is -0.116. The standard InChI is InChI=1S/C10H9ClO2S/c1-6(13)10(11)7-3-2-4-9(14)8(7)5-12/h2-5,10,14H,1H3. The molecule has 0 heterocycles. The maximum atomic E-state index is 11.1. The van der Waals surface area contributed by atoms with Gasteiger partial charge in [0.05, 0.1) is 0 Å². The first-order valence-electron chi connectivity index (χ1n) is 3.99. The van der Waals surface area contributed by atoms with Gasteiger partial charge in [0, 0.05) is 10.5 Å². The van der Waals surface area contributed by atoms with Gasteiger partial charge in [-0.05, 0) is 18.6 Å². The molecular formula is C10H9ClO2S. The number of thiol groups is 1. The molecule has 0 aliphatic rings. The van der Waals surface area contributed by atoms with Gasteiger partial charge in [-0.25, -0.2) is 0 Å². The minimum atomic E-state index is -0.776. The average molecular weight is 229 g/mol. The summed E-state index contributed by atoms with van der Waals surface area (Å²) in [6.07, 6.45) is 0.663. The summed E-state index contributed by atoms with van der Waals surface area (Å²) in [5, 5.41) is -0.776. The maximum Gasteiger partial charge on any atom is 0.152 e. The van der Waals surface area contributed by atoms with Crippen molar-refractivity contribution < 1.29 is 9.59 Å². The van der Waals surface area contributed by atoms with E-state index in [4.69, 9.17) is 11.6 Å². The van der Waals surface area contributed by atoms with E-state index in [9.17, 15) is 9.59 Å². The van der Waals surface area contributed by atoms with Crippen LogP contribution < -0.4 is 0 Å². The molecule has 14 heavy (non-hydrogen) atoms. The minimum absolute atomic E-state index is 0.186. The van der Waals surface area contributed by atoms with E-state index in [1.807, 2.05) is 0 Å². The Labute approximate surface area is 92.7 Å². The third kappa shape index (κ3) is 2.16. The first kappa shape index (κ1) is 11.3. The van der Waals surface area contributed by atoms with Crippen LogP contribution in [0.2, 0.25) is 0 Å². The van der Waals surface area contributed by atoms with Gasteiger partial charge in [0.1, 0.15) is 5.38 Å². The Hall–Kier alpha value is -0.800. The first-order chi connectivity index (χ1) is 6.57. The molecule has 0 aliphatic heterocycles. The summed E-state index contributed by atoms with van der Waals surface area (Å²) in [6, 6.07) is 5.05. The van der Waals surface area contributed by atoms with Gasteiger partial charge < -0.3 is 0 Å². The SMILES string of the molecule is CC(=O)C(Cl)c1cccc(S)c1C=O. The lowest BCUT2D eigenvalue weighted by Crippen LogP contribution is -2.05. The summed E-state index contributed by atoms with van der Waals surface area (Å²) in [5.41, 5.74) is 0.896. The van der Waals surface area contributed by atoms with E-state index < -0.39 is 5.38 Å². The number of ketones is 1. The molecule has 0 spiro atoms. The number of carbonyl (C=O) groups is 2. The van der Waals surface area contributed by atoms with Gasteiger partial charge in [0.2, 0.25) is 0 Å². The molecule has 1 unspecified atom stereocenters. The molecule has 0 fully saturated rings. The normalized spacial score (nSPS) is 12.2. The Kier molecular flexibility index (Phi) is 3.72. The molecule has 2 nitrogen and oxygen atoms in total. The van der Waals surface area contributed by atoms with Crippen molar-refractivity contribution in [1.29, 1.82) is 0 Å². The second-order valence-electron chi connectivity index (χ2n) is 2.87. The molecule has 0 bridgehead atoms. The highest BCUT2D eigenvalue weighted by Crippen LogP contribution is 2.27. The van der Waals surface area contributed by atoms with Crippen molar-refractivity contribution >= 4 is 36.3 Å². The molecule has 74 valence electrons. The fourth-order valence-electron chi connectivity index (χ4n) is 1.14. The van der Waals surface area contributed by atoms with Crippen LogP contribution in [-0.4, -0.2) is 12.1 Å². The third-order valence-corrected chi connectivity index (χ3v) is 2.80. The topological polar surface area (TPSA) is 34.1 Å². The minimum Gasteiger partial charge on any atom is -0.298 e. The van der Waals surface area contributed by atoms with Gasteiger partial charge in [-0.2, -0.15) is 0 Å². The van der Waals surface area contributed by atoms with Crippen molar-refractivity contribution in [2.45, 2.75) is 17.2 Å². The number of benzene rings is 1. The summed E-state index contributed by atoms with van der Waals surface area (Å²) in [7, 11) is 0. The predicted octanol–water partition coefficient (Wildman–Crippen LogP) is 2.66. The second-order valence-corrected chi connectivity index (χ2v) is 3.79. The number of Topliss-reactive ketones (excluding diaryl/α,β-unsaturated/α-hetero) is 1. The zero-order chi connectivity index (χ0) is 10.7. The average Bonchev–Trinajstić information content (AvgIpc) is 2.16. The number of hydrogen-bond acceptors (Lipinski definition) is 3. The fourth-order valence-corrected chi connectivity index (χ4v) is 1.60. The Bertz CT molecular complexity index is 376. The van der Waals surface area contributed by atoms with Crippen LogP contribution >= 0.6 is 24.2 Å². The molecule has 0 aliphatic carbocycles. The van der Waals surface area contributed by atoms with Crippen LogP contribution in [0.15, 0.2) is 23.1 Å². The van der Waals surface area contributed by atoms with Gasteiger partial charge in [-0.1, -0.05) is 12.1 Å². The van der Waals surface area contributed by atoms with Crippen molar-refractivity contribution in [2.24, 2.45) is 0 Å². The van der Waals surface area contributed by atoms with E-state index in [0.29, 0.717) is 22.3 Å². The van der Waals surface area contributed by atoms with Crippen LogP contribution in [0.25, 0.3) is 0 Å². The van der Waals surface area contributed by atoms with E-state index >= 15 is 0 Å². The van der Waals surface area contributed by atoms with Gasteiger partial charge >= 0.3 is 0 Å². The number of carbonyl (C=O) groups excluding carboxylic acids is 2. The van der Waals surface area contributed by atoms with Gasteiger partial charge in [0.25, 0.3) is 0 Å². The van der Waals surface area contributed by atoms with E-state index in [1.54, 1.807) is 18.2 Å². The quantitative estimate of drug-likeness (QED) is 0.490. The highest BCUT2D eigenvalue weighted by Gasteiger charge is 2.17. The number of halogens is 1. The Morgan fingerprint density at radius 2 is 2.21 bits per heavy atom. The van der Waals surface area contributed by atoms with Crippen LogP contribution in [0.1, 0.15) is 28.2 Å². The molecule has 0 radical (unpaired) electrons. The zero-order valence-electron chi connectivity index (χ0n) is 7.53. The van der Waals surface area contributed by atoms with Gasteiger partial charge in [0.15, 0.2) is 12.1 Å². The van der Waals surface area contributed by atoms with Crippen LogP contribution in [0, 0.1) is 0 Å². The van der Waals surface area contributed by atoms with E-state index in [1.165, 1.54) is 6.92 Å². The molecule has 1 rings (SSSR count). The van der Waals surface area contributed by atoms with Crippen molar-refractivity contribution in [2.75, 3.05) is 0 Å². The fraction of sp³-hybridized carbons (Fsp3) is 0.200. The Morgan fingerprint density at radius 3 is 2.71 bits per heavy atom. The van der Waals surface area contributed by atoms with E-state index in [-0.39, 0.29) is 5.78 Å². The number of rotatable bonds is 3. The van der Waals surface area contributed by atoms with Crippen LogP contribution in [0.5, 0.6) is 0 Å². The molecule has 1 atom stereocenters. The number of aldehydes is 1. The Balaban J connectivity index is 3.26. The van der Waals surface area contributed by atoms with Crippen molar-refractivity contribution in [3.63, 3.8) is 0 Å². The highest BCUT2D eigenvalue weighted by atomic mass is 35.5. The molecule has 0 N–H and O–H groups in total. The zero-order valence-corrected chi connectivity index (χ0v) is 9.18. The lowest BCUT2D eigenvalue weighted by atomic mass is 10.0. The van der Waals surface area contributed by atoms with E-state index in [2.05, 4.69) is 12.6 Å². The van der Waals surface area contributed by atoms with Crippen LogP contribution in [0.3, 0.4) is 0 Å². The molecule has 0 saturated heterocycles. The third-order valence-electron chi connectivity index (χ3n) is 1.86. The Morgan fingerprint density at radius 1 is 1.57 bits per heavy atom. The molecule has 1 aromatic rings. The van der Waals surface area contributed by atoms with Gasteiger partial charge in [-0.15, -0.1) is 24.2 Å². The summed E-state index contributed by atoms with van der Waals surface area (Å²) < 4.78 is 0. The summed E-state index contributed by atoms with van der Waals surface area (Å²) >= 11 is 9.96. The monoisotopic (exact) mass is 228 g/mol. The lowest BCUT2D eigenvalue weighted by Gasteiger charge is -2.09. The summed E-state index contributed by atoms with van der Waals surface area (Å²) in [5.74, 6) is -0.186. The van der Waals surface area contributed by atoms with Crippen molar-refractivity contribution in [1.82, 2.24) is 0 Å². The van der Waals surface area contributed by atoms with Crippen LogP contribution in [-0.2, 0) is 4.79 Å². The highest BCUT2D eigenvalue weighted by molar-refractivity contribution is 7.80. The molecular weight excluding hydrogens is 220 g/mol. The molecule has 4 heteroatoms. The molecule has 0 aromatic heterocycles. The largest absolute Gasteiger partial charge is 0.298 e. The van der Waals surface area contributed by atoms with Crippen molar-refractivity contribution in [3.8, 4) is 0 Å². The maximum absolute atomic E-state index is 11.1. The molecule has 0 saturated carbocycles. The van der Waals surface area contributed by atoms with Gasteiger partial charge in [-0.3, -0.25) is 9.59 Å². The van der Waals surface area contributed by atoms with E-state index in [0.717, 1.165) is 0 Å². The second kappa shape index (κ2) is 4.62. The summed E-state index contributed by atoms with van der Waals surface area (Å²) in [4.78, 5) is 22.3. The first-order valence-corrected chi connectivity index (χ1v) is 4.88. The smallest absolute Gasteiger partial charge is 0.152 e. The molecule has 1 aromatic carbocycles. The van der Waals surface area contributed by atoms with Crippen LogP contribution in [0.4, 0.5) is 0 Å². The molecule has 0 amide bonds. The number of alkyl halides is 1. The van der Waals surface area contributed by atoms with Crippen molar-refractivity contribution in [3.05, 3.63) is 29.3 Å².